The number of hydrogen-bond donors (Lipinski definition) is 0. The lowest BCUT2D eigenvalue weighted by Gasteiger charge is -2.18. The summed E-state index contributed by atoms with van der Waals surface area (Å²) in [5.74, 6) is 2.43. The molecule has 0 saturated heterocycles. The van der Waals surface area contributed by atoms with E-state index in [1.54, 1.807) is 6.92 Å². The Bertz CT molecular complexity index is 1080. The van der Waals surface area contributed by atoms with Crippen LogP contribution in [-0.4, -0.2) is 38.1 Å². The minimum Gasteiger partial charge on any atom is -0.493 e. The van der Waals surface area contributed by atoms with Crippen molar-refractivity contribution in [2.75, 3.05) is 24.7 Å². The van der Waals surface area contributed by atoms with E-state index >= 15 is 0 Å². The van der Waals surface area contributed by atoms with E-state index in [4.69, 9.17) is 13.9 Å². The van der Waals surface area contributed by atoms with E-state index in [9.17, 15) is 8.42 Å². The van der Waals surface area contributed by atoms with Crippen LogP contribution in [0.2, 0.25) is 0 Å². The summed E-state index contributed by atoms with van der Waals surface area (Å²) in [5.41, 5.74) is 2.79. The number of hydrogen-bond acceptors (Lipinski definition) is 6. The smallest absolute Gasteiger partial charge is 0.226 e. The second kappa shape index (κ2) is 11.3. The van der Waals surface area contributed by atoms with Gasteiger partial charge in [-0.15, -0.1) is 0 Å². The van der Waals surface area contributed by atoms with E-state index in [0.29, 0.717) is 31.9 Å². The van der Waals surface area contributed by atoms with Gasteiger partial charge in [-0.3, -0.25) is 0 Å². The van der Waals surface area contributed by atoms with Gasteiger partial charge in [0.15, 0.2) is 0 Å². The van der Waals surface area contributed by atoms with Gasteiger partial charge in [-0.1, -0.05) is 37.3 Å². The second-order valence-corrected chi connectivity index (χ2v) is 10.00. The van der Waals surface area contributed by atoms with Crippen LogP contribution in [0.3, 0.4) is 0 Å². The largest absolute Gasteiger partial charge is 0.493 e. The highest BCUT2D eigenvalue weighted by Crippen LogP contribution is 2.25. The number of aryl methyl sites for hydroxylation is 1. The summed E-state index contributed by atoms with van der Waals surface area (Å²) in [6.07, 6.45) is 0.837. The molecule has 1 unspecified atom stereocenters. The Labute approximate surface area is 190 Å². The first-order valence-corrected chi connectivity index (χ1v) is 12.8. The molecular formula is C25H31NO5S. The fourth-order valence-electron chi connectivity index (χ4n) is 3.39. The molecule has 7 heteroatoms. The van der Waals surface area contributed by atoms with Crippen molar-refractivity contribution in [1.29, 1.82) is 0 Å². The molecule has 6 nitrogen and oxygen atoms in total. The van der Waals surface area contributed by atoms with Gasteiger partial charge < -0.3 is 13.9 Å². The van der Waals surface area contributed by atoms with Gasteiger partial charge in [0.25, 0.3) is 0 Å². The van der Waals surface area contributed by atoms with Crippen molar-refractivity contribution in [3.8, 4) is 17.2 Å². The fraction of sp³-hybridized carbons (Fsp3) is 0.400. The first-order valence-electron chi connectivity index (χ1n) is 11.0. The van der Waals surface area contributed by atoms with Crippen molar-refractivity contribution in [2.45, 2.75) is 39.7 Å². The highest BCUT2D eigenvalue weighted by atomic mass is 32.2. The maximum absolute atomic E-state index is 11.8. The molecule has 0 amide bonds. The monoisotopic (exact) mass is 457 g/mol. The van der Waals surface area contributed by atoms with Gasteiger partial charge >= 0.3 is 0 Å². The van der Waals surface area contributed by atoms with Gasteiger partial charge in [-0.25, -0.2) is 13.4 Å². The molecule has 1 atom stereocenters. The Hall–Kier alpha value is -2.64. The van der Waals surface area contributed by atoms with Crippen LogP contribution in [0.4, 0.5) is 0 Å². The van der Waals surface area contributed by atoms with Crippen LogP contribution in [0, 0.1) is 6.92 Å². The van der Waals surface area contributed by atoms with Gasteiger partial charge in [0, 0.05) is 24.3 Å². The maximum Gasteiger partial charge on any atom is 0.226 e. The van der Waals surface area contributed by atoms with Gasteiger partial charge in [0.05, 0.1) is 24.2 Å². The van der Waals surface area contributed by atoms with Gasteiger partial charge in [-0.2, -0.15) is 0 Å². The summed E-state index contributed by atoms with van der Waals surface area (Å²) in [6, 6.07) is 17.5. The van der Waals surface area contributed by atoms with Crippen LogP contribution in [0.15, 0.2) is 59.0 Å². The Morgan fingerprint density at radius 2 is 1.75 bits per heavy atom. The number of rotatable bonds is 12. The van der Waals surface area contributed by atoms with E-state index in [0.717, 1.165) is 28.3 Å². The summed E-state index contributed by atoms with van der Waals surface area (Å²) in [5, 5.41) is 0. The lowest BCUT2D eigenvalue weighted by atomic mass is 10.1. The highest BCUT2D eigenvalue weighted by Gasteiger charge is 2.17. The van der Waals surface area contributed by atoms with Crippen LogP contribution in [0.1, 0.15) is 43.4 Å². The first-order chi connectivity index (χ1) is 15.4. The lowest BCUT2D eigenvalue weighted by molar-refractivity contribution is 0.0603. The fourth-order valence-corrected chi connectivity index (χ4v) is 4.25. The first kappa shape index (κ1) is 24.0. The summed E-state index contributed by atoms with van der Waals surface area (Å²) in [7, 11) is -3.03. The molecular weight excluding hydrogens is 426 g/mol. The summed E-state index contributed by atoms with van der Waals surface area (Å²) in [4.78, 5) is 4.60. The number of benzene rings is 2. The van der Waals surface area contributed by atoms with Crippen molar-refractivity contribution >= 4 is 9.84 Å². The average Bonchev–Trinajstić information content (AvgIpc) is 3.18. The van der Waals surface area contributed by atoms with E-state index < -0.39 is 9.84 Å². The van der Waals surface area contributed by atoms with Crippen molar-refractivity contribution < 1.29 is 22.3 Å². The molecule has 1 aromatic heterocycles. The van der Waals surface area contributed by atoms with Crippen molar-refractivity contribution in [3.63, 3.8) is 0 Å². The predicted octanol–water partition coefficient (Wildman–Crippen LogP) is 5.17. The maximum atomic E-state index is 11.8. The van der Waals surface area contributed by atoms with E-state index in [-0.39, 0.29) is 17.6 Å². The summed E-state index contributed by atoms with van der Waals surface area (Å²) in [6.45, 7) is 6.49. The van der Waals surface area contributed by atoms with E-state index in [2.05, 4.69) is 4.98 Å². The third-order valence-corrected chi connectivity index (χ3v) is 7.01. The molecule has 0 spiro atoms. The topological polar surface area (TPSA) is 78.6 Å². The van der Waals surface area contributed by atoms with Gasteiger partial charge in [0.1, 0.15) is 21.3 Å². The van der Waals surface area contributed by atoms with Crippen LogP contribution in [0.5, 0.6) is 5.75 Å². The van der Waals surface area contributed by atoms with E-state index in [1.165, 1.54) is 0 Å². The minimum atomic E-state index is -3.03. The van der Waals surface area contributed by atoms with Crippen LogP contribution in [-0.2, 0) is 21.0 Å². The zero-order valence-electron chi connectivity index (χ0n) is 18.9. The molecule has 32 heavy (non-hydrogen) atoms. The molecule has 0 radical (unpaired) electrons. The Morgan fingerprint density at radius 3 is 2.41 bits per heavy atom. The van der Waals surface area contributed by atoms with Crippen molar-refractivity contribution in [2.24, 2.45) is 0 Å². The van der Waals surface area contributed by atoms with Gasteiger partial charge in [-0.05, 0) is 50.1 Å². The molecule has 2 aromatic carbocycles. The van der Waals surface area contributed by atoms with Crippen LogP contribution in [0.25, 0.3) is 11.5 Å². The molecule has 0 aliphatic carbocycles. The van der Waals surface area contributed by atoms with E-state index in [1.807, 2.05) is 68.4 Å². The molecule has 0 fully saturated rings. The lowest BCUT2D eigenvalue weighted by Crippen LogP contribution is -2.14. The zero-order chi connectivity index (χ0) is 23.0. The second-order valence-electron chi connectivity index (χ2n) is 7.52. The predicted molar refractivity (Wildman–Crippen MR) is 126 cm³/mol. The van der Waals surface area contributed by atoms with Crippen LogP contribution >= 0.6 is 0 Å². The summed E-state index contributed by atoms with van der Waals surface area (Å²) >= 11 is 0. The Morgan fingerprint density at radius 1 is 1.03 bits per heavy atom. The third-order valence-electron chi connectivity index (χ3n) is 5.27. The zero-order valence-corrected chi connectivity index (χ0v) is 19.7. The average molecular weight is 458 g/mol. The molecule has 0 saturated carbocycles. The molecule has 3 aromatic rings. The Balaban J connectivity index is 1.56. The standard InChI is InChI=1S/C25H31NO5S/c1-4-29-24(16-18-32(27,28)5-2)20-11-13-22(14-12-20)30-17-15-23-19(3)31-25(26-23)21-9-7-6-8-10-21/h6-14,24H,4-5,15-18H2,1-3H3. The van der Waals surface area contributed by atoms with Gasteiger partial charge in [0.2, 0.25) is 5.89 Å². The molecule has 172 valence electrons. The van der Waals surface area contributed by atoms with Crippen molar-refractivity contribution in [3.05, 3.63) is 71.6 Å². The molecule has 3 rings (SSSR count). The number of oxazole rings is 1. The minimum absolute atomic E-state index is 0.119. The van der Waals surface area contributed by atoms with Crippen molar-refractivity contribution in [1.82, 2.24) is 4.98 Å². The Kier molecular flexibility index (Phi) is 8.47. The third kappa shape index (κ3) is 6.68. The molecule has 0 bridgehead atoms. The molecule has 0 aliphatic heterocycles. The molecule has 1 heterocycles. The quantitative estimate of drug-likeness (QED) is 0.373. The number of aromatic nitrogens is 1. The highest BCUT2D eigenvalue weighted by molar-refractivity contribution is 7.91. The van der Waals surface area contributed by atoms with Crippen LogP contribution < -0.4 is 4.74 Å². The SMILES string of the molecule is CCOC(CCS(=O)(=O)CC)c1ccc(OCCc2nc(-c3ccccc3)oc2C)cc1. The normalized spacial score (nSPS) is 12.6. The number of sulfone groups is 1. The summed E-state index contributed by atoms with van der Waals surface area (Å²) < 4.78 is 41.2. The molecule has 0 N–H and O–H groups in total. The molecule has 0 aliphatic rings. The number of nitrogens with zero attached hydrogens (tertiary/aromatic N) is 1. The number of ether oxygens (including phenoxy) is 2.